The van der Waals surface area contributed by atoms with E-state index in [-0.39, 0.29) is 17.4 Å². The fourth-order valence-corrected chi connectivity index (χ4v) is 1.89. The smallest absolute Gasteiger partial charge is 0.269 e. The Bertz CT molecular complexity index is 591. The van der Waals surface area contributed by atoms with Crippen LogP contribution in [0.2, 0.25) is 0 Å². The highest BCUT2D eigenvalue weighted by molar-refractivity contribution is 6.00. The first-order valence-electron chi connectivity index (χ1n) is 5.93. The SMILES string of the molecule is C[C@@H](C(=O)c1ccc([N+](=O)[O-])cc1)c1ccccc1. The lowest BCUT2D eigenvalue weighted by Gasteiger charge is -2.10. The fraction of sp³-hybridized carbons (Fsp3) is 0.133. The van der Waals surface area contributed by atoms with Crippen molar-refractivity contribution in [3.05, 3.63) is 75.8 Å². The molecule has 0 aliphatic rings. The fourth-order valence-electron chi connectivity index (χ4n) is 1.89. The molecule has 19 heavy (non-hydrogen) atoms. The number of Topliss-reactive ketones (excluding diaryl/α,β-unsaturated/α-hetero) is 1. The third kappa shape index (κ3) is 2.85. The van der Waals surface area contributed by atoms with Gasteiger partial charge in [0, 0.05) is 23.6 Å². The summed E-state index contributed by atoms with van der Waals surface area (Å²) < 4.78 is 0. The molecule has 0 radical (unpaired) electrons. The van der Waals surface area contributed by atoms with Crippen molar-refractivity contribution < 1.29 is 9.72 Å². The van der Waals surface area contributed by atoms with E-state index in [2.05, 4.69) is 0 Å². The van der Waals surface area contributed by atoms with Crippen LogP contribution in [0.3, 0.4) is 0 Å². The Morgan fingerprint density at radius 1 is 1.05 bits per heavy atom. The Balaban J connectivity index is 2.22. The highest BCUT2D eigenvalue weighted by Gasteiger charge is 2.17. The standard InChI is InChI=1S/C15H13NO3/c1-11(12-5-3-2-4-6-12)15(17)13-7-9-14(10-8-13)16(18)19/h2-11H,1H3/t11-/m1/s1. The Hall–Kier alpha value is -2.49. The zero-order valence-electron chi connectivity index (χ0n) is 10.4. The van der Waals surface area contributed by atoms with Crippen molar-refractivity contribution in [3.63, 3.8) is 0 Å². The van der Waals surface area contributed by atoms with Crippen LogP contribution < -0.4 is 0 Å². The Morgan fingerprint density at radius 3 is 2.16 bits per heavy atom. The molecule has 96 valence electrons. The van der Waals surface area contributed by atoms with Gasteiger partial charge in [-0.05, 0) is 17.7 Å². The van der Waals surface area contributed by atoms with Crippen LogP contribution in [0.5, 0.6) is 0 Å². The van der Waals surface area contributed by atoms with Crippen LogP contribution in [0.1, 0.15) is 28.8 Å². The minimum absolute atomic E-state index is 0.0103. The number of ketones is 1. The highest BCUT2D eigenvalue weighted by atomic mass is 16.6. The largest absolute Gasteiger partial charge is 0.294 e. The van der Waals surface area contributed by atoms with Crippen molar-refractivity contribution in [2.24, 2.45) is 0 Å². The number of non-ortho nitro benzene ring substituents is 1. The van der Waals surface area contributed by atoms with E-state index in [1.54, 1.807) is 0 Å². The number of hydrogen-bond acceptors (Lipinski definition) is 3. The summed E-state index contributed by atoms with van der Waals surface area (Å²) in [5.74, 6) is -0.302. The lowest BCUT2D eigenvalue weighted by atomic mass is 9.92. The first-order chi connectivity index (χ1) is 9.09. The molecular formula is C15H13NO3. The zero-order valence-corrected chi connectivity index (χ0v) is 10.4. The maximum atomic E-state index is 12.3. The molecule has 0 amide bonds. The predicted molar refractivity (Wildman–Crippen MR) is 72.3 cm³/mol. The molecule has 0 spiro atoms. The van der Waals surface area contributed by atoms with Gasteiger partial charge in [0.2, 0.25) is 0 Å². The van der Waals surface area contributed by atoms with Gasteiger partial charge in [-0.3, -0.25) is 14.9 Å². The second-order valence-electron chi connectivity index (χ2n) is 4.30. The third-order valence-corrected chi connectivity index (χ3v) is 3.06. The van der Waals surface area contributed by atoms with Crippen LogP contribution in [0, 0.1) is 10.1 Å². The molecule has 4 heteroatoms. The first kappa shape index (κ1) is 13.0. The number of hydrogen-bond donors (Lipinski definition) is 0. The van der Waals surface area contributed by atoms with Crippen LogP contribution in [0.4, 0.5) is 5.69 Å². The number of nitro groups is 1. The molecule has 2 aromatic carbocycles. The van der Waals surface area contributed by atoms with Gasteiger partial charge in [-0.25, -0.2) is 0 Å². The van der Waals surface area contributed by atoms with Crippen LogP contribution in [0.15, 0.2) is 54.6 Å². The molecular weight excluding hydrogens is 242 g/mol. The number of nitrogens with zero attached hydrogens (tertiary/aromatic N) is 1. The number of nitro benzene ring substituents is 1. The number of carbonyl (C=O) groups excluding carboxylic acids is 1. The lowest BCUT2D eigenvalue weighted by molar-refractivity contribution is -0.384. The van der Waals surface area contributed by atoms with Gasteiger partial charge < -0.3 is 0 Å². The van der Waals surface area contributed by atoms with Crippen LogP contribution in [0.25, 0.3) is 0 Å². The summed E-state index contributed by atoms with van der Waals surface area (Å²) in [6.07, 6.45) is 0. The molecule has 0 N–H and O–H groups in total. The van der Waals surface area contributed by atoms with Gasteiger partial charge in [-0.15, -0.1) is 0 Å². The quantitative estimate of drug-likeness (QED) is 0.476. The summed E-state index contributed by atoms with van der Waals surface area (Å²) in [5, 5.41) is 10.6. The molecule has 4 nitrogen and oxygen atoms in total. The summed E-state index contributed by atoms with van der Waals surface area (Å²) in [5.41, 5.74) is 1.41. The molecule has 2 rings (SSSR count). The Morgan fingerprint density at radius 2 is 1.63 bits per heavy atom. The van der Waals surface area contributed by atoms with Gasteiger partial charge in [0.1, 0.15) is 0 Å². The van der Waals surface area contributed by atoms with Gasteiger partial charge in [0.15, 0.2) is 5.78 Å². The minimum Gasteiger partial charge on any atom is -0.294 e. The van der Waals surface area contributed by atoms with E-state index in [1.807, 2.05) is 37.3 Å². The average Bonchev–Trinajstić information content (AvgIpc) is 2.46. The highest BCUT2D eigenvalue weighted by Crippen LogP contribution is 2.21. The van der Waals surface area contributed by atoms with E-state index in [9.17, 15) is 14.9 Å². The van der Waals surface area contributed by atoms with Crippen LogP contribution in [-0.2, 0) is 0 Å². The molecule has 0 fully saturated rings. The maximum absolute atomic E-state index is 12.3. The lowest BCUT2D eigenvalue weighted by Crippen LogP contribution is -2.09. The van der Waals surface area contributed by atoms with Gasteiger partial charge >= 0.3 is 0 Å². The molecule has 0 aromatic heterocycles. The number of carbonyl (C=O) groups is 1. The molecule has 2 aromatic rings. The van der Waals surface area contributed by atoms with Crippen molar-refractivity contribution in [2.45, 2.75) is 12.8 Å². The number of rotatable bonds is 4. The van der Waals surface area contributed by atoms with Crippen molar-refractivity contribution in [1.82, 2.24) is 0 Å². The minimum atomic E-state index is -0.477. The summed E-state index contributed by atoms with van der Waals surface area (Å²) in [6.45, 7) is 1.83. The van der Waals surface area contributed by atoms with E-state index in [0.717, 1.165) is 5.56 Å². The molecule has 1 atom stereocenters. The normalized spacial score (nSPS) is 11.8. The van der Waals surface area contributed by atoms with E-state index < -0.39 is 4.92 Å². The molecule has 0 aliphatic heterocycles. The first-order valence-corrected chi connectivity index (χ1v) is 5.93. The van der Waals surface area contributed by atoms with Crippen LogP contribution in [-0.4, -0.2) is 10.7 Å². The third-order valence-electron chi connectivity index (χ3n) is 3.06. The van der Waals surface area contributed by atoms with Crippen molar-refractivity contribution in [3.8, 4) is 0 Å². The van der Waals surface area contributed by atoms with Crippen molar-refractivity contribution >= 4 is 11.5 Å². The van der Waals surface area contributed by atoms with Gasteiger partial charge in [0.05, 0.1) is 4.92 Å². The maximum Gasteiger partial charge on any atom is 0.269 e. The van der Waals surface area contributed by atoms with Crippen molar-refractivity contribution in [1.29, 1.82) is 0 Å². The van der Waals surface area contributed by atoms with Gasteiger partial charge in [-0.2, -0.15) is 0 Å². The molecule has 0 aliphatic carbocycles. The van der Waals surface area contributed by atoms with Crippen LogP contribution >= 0.6 is 0 Å². The topological polar surface area (TPSA) is 60.2 Å². The van der Waals surface area contributed by atoms with Gasteiger partial charge in [-0.1, -0.05) is 37.3 Å². The summed E-state index contributed by atoms with van der Waals surface area (Å²) >= 11 is 0. The summed E-state index contributed by atoms with van der Waals surface area (Å²) in [4.78, 5) is 22.3. The molecule has 0 saturated heterocycles. The monoisotopic (exact) mass is 255 g/mol. The molecule has 0 unspecified atom stereocenters. The predicted octanol–water partition coefficient (Wildman–Crippen LogP) is 3.58. The van der Waals surface area contributed by atoms with E-state index in [4.69, 9.17) is 0 Å². The Labute approximate surface area is 110 Å². The molecule has 0 saturated carbocycles. The average molecular weight is 255 g/mol. The summed E-state index contributed by atoms with van der Waals surface area (Å²) in [7, 11) is 0. The van der Waals surface area contributed by atoms with Crippen molar-refractivity contribution in [2.75, 3.05) is 0 Å². The van der Waals surface area contributed by atoms with E-state index >= 15 is 0 Å². The molecule has 0 heterocycles. The van der Waals surface area contributed by atoms with E-state index in [0.29, 0.717) is 5.56 Å². The molecule has 0 bridgehead atoms. The Kier molecular flexibility index (Phi) is 3.71. The number of benzene rings is 2. The van der Waals surface area contributed by atoms with E-state index in [1.165, 1.54) is 24.3 Å². The summed E-state index contributed by atoms with van der Waals surface area (Å²) in [6, 6.07) is 15.2. The zero-order chi connectivity index (χ0) is 13.8. The second-order valence-corrected chi connectivity index (χ2v) is 4.30. The second kappa shape index (κ2) is 5.44. The van der Waals surface area contributed by atoms with Gasteiger partial charge in [0.25, 0.3) is 5.69 Å².